The van der Waals surface area contributed by atoms with E-state index in [-0.39, 0.29) is 5.91 Å². The molecule has 0 spiro atoms. The first-order valence-electron chi connectivity index (χ1n) is 9.90. The van der Waals surface area contributed by atoms with Gasteiger partial charge in [0.05, 0.1) is 30.7 Å². The summed E-state index contributed by atoms with van der Waals surface area (Å²) in [7, 11) is 1.66. The fourth-order valence-corrected chi connectivity index (χ4v) is 3.58. The number of nitrogens with one attached hydrogen (secondary N) is 2. The van der Waals surface area contributed by atoms with E-state index in [1.807, 2.05) is 37.3 Å². The summed E-state index contributed by atoms with van der Waals surface area (Å²) in [5.41, 5.74) is 3.39. The summed E-state index contributed by atoms with van der Waals surface area (Å²) in [5, 5.41) is 11.2. The van der Waals surface area contributed by atoms with Crippen molar-refractivity contribution in [1.29, 1.82) is 0 Å². The minimum Gasteiger partial charge on any atom is -0.497 e. The van der Waals surface area contributed by atoms with Crippen LogP contribution in [0.3, 0.4) is 0 Å². The number of para-hydroxylation sites is 1. The van der Waals surface area contributed by atoms with Gasteiger partial charge in [0.1, 0.15) is 11.5 Å². The molecule has 0 radical (unpaired) electrons. The smallest absolute Gasteiger partial charge is 0.260 e. The molecule has 0 aliphatic rings. The van der Waals surface area contributed by atoms with Crippen LogP contribution in [0.2, 0.25) is 0 Å². The predicted octanol–water partition coefficient (Wildman–Crippen LogP) is 4.71. The summed E-state index contributed by atoms with van der Waals surface area (Å²) in [6.07, 6.45) is 0. The van der Waals surface area contributed by atoms with Crippen LogP contribution in [0.25, 0.3) is 22.3 Å². The molecule has 2 aromatic heterocycles. The van der Waals surface area contributed by atoms with E-state index in [9.17, 15) is 4.79 Å². The molecule has 0 saturated heterocycles. The van der Waals surface area contributed by atoms with Gasteiger partial charge in [0.25, 0.3) is 5.91 Å². The Hall–Kier alpha value is -3.74. The number of fused-ring (bicyclic) bond motifs is 1. The van der Waals surface area contributed by atoms with Crippen molar-refractivity contribution in [3.05, 3.63) is 60.2 Å². The summed E-state index contributed by atoms with van der Waals surface area (Å²) in [6.45, 7) is 5.27. The lowest BCUT2D eigenvalue weighted by atomic mass is 10.2. The maximum atomic E-state index is 12.7. The standard InChI is InChI=1S/C23H24N4O3/c1-4-27-19-11-10-16(29-3)12-15(19)13-20(27)18-14-22(26-25-18)24-23(28)17-8-6-7-9-21(17)30-5-2/h6-14H,4-5H2,1-3H3,(H2,24,25,26,28). The van der Waals surface area contributed by atoms with Gasteiger partial charge in [-0.2, -0.15) is 5.10 Å². The first-order valence-corrected chi connectivity index (χ1v) is 9.90. The number of aromatic amines is 1. The van der Waals surface area contributed by atoms with E-state index in [2.05, 4.69) is 33.1 Å². The number of rotatable bonds is 7. The Morgan fingerprint density at radius 2 is 1.97 bits per heavy atom. The van der Waals surface area contributed by atoms with Crippen molar-refractivity contribution < 1.29 is 14.3 Å². The molecule has 0 atom stereocenters. The zero-order chi connectivity index (χ0) is 21.1. The van der Waals surface area contributed by atoms with Gasteiger partial charge in [0.2, 0.25) is 0 Å². The summed E-state index contributed by atoms with van der Waals surface area (Å²) in [6, 6.07) is 17.1. The largest absolute Gasteiger partial charge is 0.497 e. The fourth-order valence-electron chi connectivity index (χ4n) is 3.58. The van der Waals surface area contributed by atoms with Crippen molar-refractivity contribution >= 4 is 22.6 Å². The van der Waals surface area contributed by atoms with Crippen LogP contribution in [0.15, 0.2) is 54.6 Å². The molecule has 7 nitrogen and oxygen atoms in total. The number of anilines is 1. The van der Waals surface area contributed by atoms with E-state index in [1.165, 1.54) is 0 Å². The molecule has 4 aromatic rings. The molecule has 0 saturated carbocycles. The van der Waals surface area contributed by atoms with Crippen LogP contribution >= 0.6 is 0 Å². The third kappa shape index (κ3) is 3.61. The van der Waals surface area contributed by atoms with E-state index < -0.39 is 0 Å². The Bertz CT molecular complexity index is 1190. The van der Waals surface area contributed by atoms with E-state index in [0.717, 1.165) is 34.6 Å². The maximum absolute atomic E-state index is 12.7. The number of amides is 1. The van der Waals surface area contributed by atoms with Crippen LogP contribution in [-0.2, 0) is 6.54 Å². The monoisotopic (exact) mass is 404 g/mol. The number of hydrogen-bond acceptors (Lipinski definition) is 4. The van der Waals surface area contributed by atoms with Crippen molar-refractivity contribution in [1.82, 2.24) is 14.8 Å². The van der Waals surface area contributed by atoms with Crippen LogP contribution < -0.4 is 14.8 Å². The third-order valence-electron chi connectivity index (χ3n) is 4.95. The lowest BCUT2D eigenvalue weighted by Gasteiger charge is -2.09. The van der Waals surface area contributed by atoms with Gasteiger partial charge in [-0.25, -0.2) is 0 Å². The third-order valence-corrected chi connectivity index (χ3v) is 4.95. The molecule has 1 amide bonds. The Morgan fingerprint density at radius 3 is 2.73 bits per heavy atom. The van der Waals surface area contributed by atoms with Crippen molar-refractivity contribution in [3.63, 3.8) is 0 Å². The Balaban J connectivity index is 1.63. The highest BCUT2D eigenvalue weighted by atomic mass is 16.5. The van der Waals surface area contributed by atoms with Gasteiger partial charge in [0.15, 0.2) is 5.82 Å². The lowest BCUT2D eigenvalue weighted by molar-refractivity contribution is 0.102. The van der Waals surface area contributed by atoms with E-state index in [1.54, 1.807) is 25.3 Å². The molecule has 0 bridgehead atoms. The molecular weight excluding hydrogens is 380 g/mol. The Kier molecular flexibility index (Phi) is 5.43. The topological polar surface area (TPSA) is 81.2 Å². The number of carbonyl (C=O) groups excluding carboxylic acids is 1. The molecule has 4 rings (SSSR count). The number of benzene rings is 2. The molecule has 2 N–H and O–H groups in total. The average molecular weight is 404 g/mol. The van der Waals surface area contributed by atoms with Crippen LogP contribution in [0, 0.1) is 0 Å². The number of methoxy groups -OCH3 is 1. The summed E-state index contributed by atoms with van der Waals surface area (Å²) >= 11 is 0. The zero-order valence-corrected chi connectivity index (χ0v) is 17.2. The van der Waals surface area contributed by atoms with Gasteiger partial charge in [0, 0.05) is 23.5 Å². The molecule has 2 heterocycles. The molecule has 30 heavy (non-hydrogen) atoms. The zero-order valence-electron chi connectivity index (χ0n) is 17.2. The first-order chi connectivity index (χ1) is 14.6. The maximum Gasteiger partial charge on any atom is 0.260 e. The van der Waals surface area contributed by atoms with Crippen LogP contribution in [-0.4, -0.2) is 34.4 Å². The van der Waals surface area contributed by atoms with Crippen LogP contribution in [0.5, 0.6) is 11.5 Å². The Labute approximate surface area is 174 Å². The highest BCUT2D eigenvalue weighted by Gasteiger charge is 2.16. The minimum atomic E-state index is -0.266. The first kappa shape index (κ1) is 19.6. The molecule has 0 aliphatic carbocycles. The van der Waals surface area contributed by atoms with Crippen molar-refractivity contribution in [2.24, 2.45) is 0 Å². The molecular formula is C23H24N4O3. The van der Waals surface area contributed by atoms with Gasteiger partial charge in [-0.15, -0.1) is 0 Å². The van der Waals surface area contributed by atoms with Gasteiger partial charge in [-0.1, -0.05) is 12.1 Å². The second-order valence-corrected chi connectivity index (χ2v) is 6.75. The summed E-state index contributed by atoms with van der Waals surface area (Å²) < 4.78 is 13.1. The summed E-state index contributed by atoms with van der Waals surface area (Å²) in [4.78, 5) is 12.7. The van der Waals surface area contributed by atoms with E-state index in [4.69, 9.17) is 9.47 Å². The van der Waals surface area contributed by atoms with Crippen molar-refractivity contribution in [2.75, 3.05) is 19.0 Å². The quantitative estimate of drug-likeness (QED) is 0.467. The lowest BCUT2D eigenvalue weighted by Crippen LogP contribution is -2.13. The molecule has 0 unspecified atom stereocenters. The number of nitrogens with zero attached hydrogens (tertiary/aromatic N) is 2. The average Bonchev–Trinajstić information content (AvgIpc) is 3.37. The van der Waals surface area contributed by atoms with Crippen molar-refractivity contribution in [2.45, 2.75) is 20.4 Å². The minimum absolute atomic E-state index is 0.266. The number of carbonyl (C=O) groups is 1. The number of hydrogen-bond donors (Lipinski definition) is 2. The number of aromatic nitrogens is 3. The second-order valence-electron chi connectivity index (χ2n) is 6.75. The highest BCUT2D eigenvalue weighted by Crippen LogP contribution is 2.31. The molecule has 154 valence electrons. The van der Waals surface area contributed by atoms with E-state index in [0.29, 0.717) is 23.7 Å². The fraction of sp³-hybridized carbons (Fsp3) is 0.217. The summed E-state index contributed by atoms with van der Waals surface area (Å²) in [5.74, 6) is 1.55. The van der Waals surface area contributed by atoms with E-state index >= 15 is 0 Å². The second kappa shape index (κ2) is 8.32. The predicted molar refractivity (Wildman–Crippen MR) is 117 cm³/mol. The Morgan fingerprint density at radius 1 is 1.13 bits per heavy atom. The molecule has 2 aromatic carbocycles. The van der Waals surface area contributed by atoms with Gasteiger partial charge >= 0.3 is 0 Å². The van der Waals surface area contributed by atoms with Gasteiger partial charge < -0.3 is 19.4 Å². The van der Waals surface area contributed by atoms with Gasteiger partial charge in [-0.05, 0) is 50.2 Å². The molecule has 0 aliphatic heterocycles. The highest BCUT2D eigenvalue weighted by molar-refractivity contribution is 6.06. The van der Waals surface area contributed by atoms with Crippen LogP contribution in [0.4, 0.5) is 5.82 Å². The van der Waals surface area contributed by atoms with Gasteiger partial charge in [-0.3, -0.25) is 9.89 Å². The van der Waals surface area contributed by atoms with Crippen molar-refractivity contribution in [3.8, 4) is 22.9 Å². The SMILES string of the molecule is CCOc1ccccc1C(=O)Nc1cc(-c2cc3cc(OC)ccc3n2CC)[nH]n1. The normalized spacial score (nSPS) is 10.9. The number of H-pyrrole nitrogens is 1. The number of ether oxygens (including phenoxy) is 2. The molecule has 7 heteroatoms. The number of aryl methyl sites for hydroxylation is 1. The molecule has 0 fully saturated rings. The van der Waals surface area contributed by atoms with Crippen LogP contribution in [0.1, 0.15) is 24.2 Å².